The minimum absolute atomic E-state index is 0.316. The smallest absolute Gasteiger partial charge is 0.271 e. The van der Waals surface area contributed by atoms with E-state index >= 15 is 0 Å². The third kappa shape index (κ3) is 2.56. The predicted octanol–water partition coefficient (Wildman–Crippen LogP) is 1.11. The zero-order chi connectivity index (χ0) is 10.6. The van der Waals surface area contributed by atoms with E-state index in [-0.39, 0.29) is 5.91 Å². The molecule has 4 heteroatoms. The normalized spacial score (nSPS) is 10.4. The second kappa shape index (κ2) is 3.88. The molecule has 1 heterocycles. The Hall–Kier alpha value is -1.89. The van der Waals surface area contributed by atoms with Crippen LogP contribution in [0.4, 0.5) is 0 Å². The van der Waals surface area contributed by atoms with E-state index in [4.69, 9.17) is 5.26 Å². The lowest BCUT2D eigenvalue weighted by Gasteiger charge is -2.16. The molecule has 0 radical (unpaired) electrons. The number of carbonyl (C=O) groups is 1. The highest BCUT2D eigenvalue weighted by Crippen LogP contribution is 2.01. The molecule has 1 aromatic heterocycles. The van der Waals surface area contributed by atoms with Crippen LogP contribution in [0.3, 0.4) is 0 Å². The topological polar surface area (TPSA) is 65.8 Å². The van der Waals surface area contributed by atoms with Gasteiger partial charge >= 0.3 is 0 Å². The molecule has 0 aliphatic rings. The van der Waals surface area contributed by atoms with Gasteiger partial charge in [-0.2, -0.15) is 5.26 Å². The average Bonchev–Trinajstić information content (AvgIpc) is 2.19. The Morgan fingerprint density at radius 2 is 2.29 bits per heavy atom. The maximum atomic E-state index is 11.5. The highest BCUT2D eigenvalue weighted by molar-refractivity contribution is 5.92. The fourth-order valence-corrected chi connectivity index (χ4v) is 0.873. The summed E-state index contributed by atoms with van der Waals surface area (Å²) in [5.74, 6) is -0.336. The molecule has 14 heavy (non-hydrogen) atoms. The van der Waals surface area contributed by atoms with Crippen LogP contribution in [0.2, 0.25) is 0 Å². The van der Waals surface area contributed by atoms with Crippen molar-refractivity contribution in [2.24, 2.45) is 0 Å². The van der Waals surface area contributed by atoms with Crippen molar-refractivity contribution in [3.05, 3.63) is 30.1 Å². The van der Waals surface area contributed by atoms with Gasteiger partial charge in [0.15, 0.2) is 0 Å². The Bertz CT molecular complexity index is 365. The van der Waals surface area contributed by atoms with Crippen LogP contribution in [-0.4, -0.2) is 16.4 Å². The minimum Gasteiger partial charge on any atom is -0.333 e. The monoisotopic (exact) mass is 189 g/mol. The molecule has 0 aromatic carbocycles. The molecule has 4 nitrogen and oxygen atoms in total. The van der Waals surface area contributed by atoms with Crippen LogP contribution >= 0.6 is 0 Å². The van der Waals surface area contributed by atoms with Gasteiger partial charge in [0.1, 0.15) is 11.2 Å². The quantitative estimate of drug-likeness (QED) is 0.757. The lowest BCUT2D eigenvalue weighted by Crippen LogP contribution is -2.42. The fraction of sp³-hybridized carbons (Fsp3) is 0.300. The summed E-state index contributed by atoms with van der Waals surface area (Å²) in [6.45, 7) is 3.27. The highest BCUT2D eigenvalue weighted by Gasteiger charge is 2.20. The molecule has 0 saturated heterocycles. The molecule has 1 amide bonds. The largest absolute Gasteiger partial charge is 0.333 e. The maximum absolute atomic E-state index is 11.5. The van der Waals surface area contributed by atoms with Crippen LogP contribution in [0, 0.1) is 11.3 Å². The molecule has 0 spiro atoms. The molecule has 1 rings (SSSR count). The molecular formula is C10H11N3O. The first kappa shape index (κ1) is 10.2. The number of rotatable bonds is 2. The number of aromatic nitrogens is 1. The Morgan fingerprint density at radius 1 is 1.57 bits per heavy atom. The van der Waals surface area contributed by atoms with E-state index in [9.17, 15) is 4.79 Å². The third-order valence-corrected chi connectivity index (χ3v) is 1.60. The second-order valence-electron chi connectivity index (χ2n) is 3.41. The molecule has 0 fully saturated rings. The molecule has 0 bridgehead atoms. The first-order valence-electron chi connectivity index (χ1n) is 4.20. The zero-order valence-electron chi connectivity index (χ0n) is 8.11. The van der Waals surface area contributed by atoms with Crippen molar-refractivity contribution >= 4 is 5.91 Å². The summed E-state index contributed by atoms with van der Waals surface area (Å²) in [6, 6.07) is 7.03. The third-order valence-electron chi connectivity index (χ3n) is 1.60. The van der Waals surface area contributed by atoms with Gasteiger partial charge in [0.2, 0.25) is 0 Å². The van der Waals surface area contributed by atoms with Crippen LogP contribution in [0.5, 0.6) is 0 Å². The van der Waals surface area contributed by atoms with Crippen molar-refractivity contribution in [2.75, 3.05) is 0 Å². The van der Waals surface area contributed by atoms with Crippen molar-refractivity contribution in [3.8, 4) is 6.07 Å². The Balaban J connectivity index is 2.75. The van der Waals surface area contributed by atoms with E-state index in [1.807, 2.05) is 6.07 Å². The predicted molar refractivity (Wildman–Crippen MR) is 51.4 cm³/mol. The summed E-state index contributed by atoms with van der Waals surface area (Å²) >= 11 is 0. The molecule has 0 unspecified atom stereocenters. The van der Waals surface area contributed by atoms with Crippen LogP contribution < -0.4 is 5.32 Å². The van der Waals surface area contributed by atoms with Gasteiger partial charge in [0, 0.05) is 6.20 Å². The molecule has 0 atom stereocenters. The summed E-state index contributed by atoms with van der Waals surface area (Å²) in [5, 5.41) is 11.3. The number of carbonyl (C=O) groups excluding carboxylic acids is 1. The van der Waals surface area contributed by atoms with E-state index in [1.165, 1.54) is 6.20 Å². The average molecular weight is 189 g/mol. The molecule has 1 N–H and O–H groups in total. The van der Waals surface area contributed by atoms with Crippen LogP contribution in [0.25, 0.3) is 0 Å². The minimum atomic E-state index is -0.866. The number of nitrogens with zero attached hydrogens (tertiary/aromatic N) is 2. The lowest BCUT2D eigenvalue weighted by atomic mass is 10.1. The van der Waals surface area contributed by atoms with Crippen LogP contribution in [0.15, 0.2) is 24.4 Å². The van der Waals surface area contributed by atoms with Gasteiger partial charge in [-0.1, -0.05) is 6.07 Å². The van der Waals surface area contributed by atoms with Crippen molar-refractivity contribution in [3.63, 3.8) is 0 Å². The van der Waals surface area contributed by atoms with E-state index in [1.54, 1.807) is 32.0 Å². The number of nitriles is 1. The number of nitrogens with one attached hydrogen (secondary N) is 1. The van der Waals surface area contributed by atoms with E-state index < -0.39 is 5.54 Å². The standard InChI is InChI=1S/C10H11N3O/c1-10(2,7-11)13-9(14)8-5-3-4-6-12-8/h3-6H,1-2H3,(H,13,14). The number of hydrogen-bond acceptors (Lipinski definition) is 3. The van der Waals surface area contributed by atoms with Crippen molar-refractivity contribution in [1.82, 2.24) is 10.3 Å². The SMILES string of the molecule is CC(C)(C#N)NC(=O)c1ccccn1. The first-order chi connectivity index (χ1) is 6.55. The first-order valence-corrected chi connectivity index (χ1v) is 4.20. The van der Waals surface area contributed by atoms with Crippen LogP contribution in [0.1, 0.15) is 24.3 Å². The molecule has 1 aromatic rings. The fourth-order valence-electron chi connectivity index (χ4n) is 0.873. The van der Waals surface area contributed by atoms with E-state index in [0.717, 1.165) is 0 Å². The molecule has 0 saturated carbocycles. The van der Waals surface area contributed by atoms with Crippen molar-refractivity contribution < 1.29 is 4.79 Å². The molecule has 0 aliphatic heterocycles. The van der Waals surface area contributed by atoms with Gasteiger partial charge in [-0.3, -0.25) is 9.78 Å². The summed E-state index contributed by atoms with van der Waals surface area (Å²) in [5.41, 5.74) is -0.551. The summed E-state index contributed by atoms with van der Waals surface area (Å²) in [4.78, 5) is 15.4. The second-order valence-corrected chi connectivity index (χ2v) is 3.41. The summed E-state index contributed by atoms with van der Waals surface area (Å²) in [7, 11) is 0. The number of amides is 1. The van der Waals surface area contributed by atoms with Gasteiger partial charge in [0.25, 0.3) is 5.91 Å². The molecule has 72 valence electrons. The van der Waals surface area contributed by atoms with Gasteiger partial charge in [-0.25, -0.2) is 0 Å². The van der Waals surface area contributed by atoms with Crippen LogP contribution in [-0.2, 0) is 0 Å². The summed E-state index contributed by atoms with van der Waals surface area (Å²) in [6.07, 6.45) is 1.54. The molecular weight excluding hydrogens is 178 g/mol. The van der Waals surface area contributed by atoms with Crippen molar-refractivity contribution in [1.29, 1.82) is 5.26 Å². The maximum Gasteiger partial charge on any atom is 0.271 e. The summed E-state index contributed by atoms with van der Waals surface area (Å²) < 4.78 is 0. The van der Waals surface area contributed by atoms with Gasteiger partial charge in [-0.15, -0.1) is 0 Å². The van der Waals surface area contributed by atoms with E-state index in [2.05, 4.69) is 10.3 Å². The van der Waals surface area contributed by atoms with Crippen molar-refractivity contribution in [2.45, 2.75) is 19.4 Å². The Labute approximate surface area is 82.6 Å². The van der Waals surface area contributed by atoms with Gasteiger partial charge in [-0.05, 0) is 26.0 Å². The van der Waals surface area contributed by atoms with Gasteiger partial charge < -0.3 is 5.32 Å². The molecule has 0 aliphatic carbocycles. The van der Waals surface area contributed by atoms with Gasteiger partial charge in [0.05, 0.1) is 6.07 Å². The number of pyridine rings is 1. The Morgan fingerprint density at radius 3 is 2.79 bits per heavy atom. The highest BCUT2D eigenvalue weighted by atomic mass is 16.2. The Kier molecular flexibility index (Phi) is 2.82. The van der Waals surface area contributed by atoms with E-state index in [0.29, 0.717) is 5.69 Å². The lowest BCUT2D eigenvalue weighted by molar-refractivity contribution is 0.0924. The zero-order valence-corrected chi connectivity index (χ0v) is 8.11. The number of hydrogen-bond donors (Lipinski definition) is 1.